The van der Waals surface area contributed by atoms with Crippen LogP contribution in [0.25, 0.3) is 0 Å². The number of aryl methyl sites for hydroxylation is 1. The first-order valence-corrected chi connectivity index (χ1v) is 8.03. The molecule has 0 unspecified atom stereocenters. The summed E-state index contributed by atoms with van der Waals surface area (Å²) in [7, 11) is -3.44. The van der Waals surface area contributed by atoms with Crippen LogP contribution in [0.2, 0.25) is 0 Å². The highest BCUT2D eigenvalue weighted by atomic mass is 32.2. The van der Waals surface area contributed by atoms with Crippen molar-refractivity contribution in [1.29, 1.82) is 0 Å². The van der Waals surface area contributed by atoms with Crippen molar-refractivity contribution in [1.82, 2.24) is 0 Å². The third-order valence-corrected chi connectivity index (χ3v) is 3.21. The molecule has 0 fully saturated rings. The number of sulfonamides is 1. The van der Waals surface area contributed by atoms with E-state index in [1.807, 2.05) is 24.3 Å². The lowest BCUT2D eigenvalue weighted by Gasteiger charge is -2.07. The van der Waals surface area contributed by atoms with Crippen LogP contribution in [0.15, 0.2) is 24.3 Å². The number of primary sulfonamides is 1. The van der Waals surface area contributed by atoms with Crippen molar-refractivity contribution in [2.45, 2.75) is 19.8 Å². The van der Waals surface area contributed by atoms with E-state index in [-0.39, 0.29) is 12.4 Å². The standard InChI is InChI=1S/C13H21NO4S/c1-2-3-12-4-6-13(7-5-12)18-9-8-17-10-11-19(14,15)16/h4-7H,2-3,8-11H2,1H3,(H2,14,15,16). The first-order valence-electron chi connectivity index (χ1n) is 6.31. The van der Waals surface area contributed by atoms with Gasteiger partial charge in [0.1, 0.15) is 12.4 Å². The molecule has 0 aliphatic heterocycles. The average Bonchev–Trinajstić information content (AvgIpc) is 2.35. The zero-order chi connectivity index (χ0) is 14.1. The molecule has 0 aliphatic rings. The van der Waals surface area contributed by atoms with Gasteiger partial charge >= 0.3 is 0 Å². The Kier molecular flexibility index (Phi) is 6.83. The molecule has 1 aromatic carbocycles. The Labute approximate surface area is 114 Å². The van der Waals surface area contributed by atoms with Gasteiger partial charge in [-0.1, -0.05) is 25.5 Å². The van der Waals surface area contributed by atoms with Gasteiger partial charge in [-0.3, -0.25) is 0 Å². The highest BCUT2D eigenvalue weighted by Gasteiger charge is 2.01. The van der Waals surface area contributed by atoms with E-state index in [1.54, 1.807) is 0 Å². The molecule has 1 rings (SSSR count). The summed E-state index contributed by atoms with van der Waals surface area (Å²) in [5, 5.41) is 4.84. The minimum atomic E-state index is -3.44. The van der Waals surface area contributed by atoms with Gasteiger partial charge in [0.2, 0.25) is 10.0 Å². The minimum absolute atomic E-state index is 0.0949. The van der Waals surface area contributed by atoms with Gasteiger partial charge < -0.3 is 9.47 Å². The number of ether oxygens (including phenoxy) is 2. The summed E-state index contributed by atoms with van der Waals surface area (Å²) >= 11 is 0. The van der Waals surface area contributed by atoms with Crippen LogP contribution in [0.1, 0.15) is 18.9 Å². The maximum absolute atomic E-state index is 10.6. The molecule has 0 amide bonds. The fourth-order valence-electron chi connectivity index (χ4n) is 1.54. The Hall–Kier alpha value is -1.11. The Bertz CT molecular complexity index is 456. The lowest BCUT2D eigenvalue weighted by atomic mass is 10.1. The Morgan fingerprint density at radius 1 is 1.11 bits per heavy atom. The predicted molar refractivity (Wildman–Crippen MR) is 74.7 cm³/mol. The van der Waals surface area contributed by atoms with E-state index in [4.69, 9.17) is 14.6 Å². The molecule has 1 aromatic rings. The molecule has 0 aromatic heterocycles. The largest absolute Gasteiger partial charge is 0.491 e. The van der Waals surface area contributed by atoms with E-state index in [1.165, 1.54) is 5.56 Å². The molecular formula is C13H21NO4S. The van der Waals surface area contributed by atoms with Crippen molar-refractivity contribution in [2.75, 3.05) is 25.6 Å². The normalized spacial score (nSPS) is 11.5. The summed E-state index contributed by atoms with van der Waals surface area (Å²) in [6.45, 7) is 2.96. The third kappa shape index (κ3) is 7.81. The van der Waals surface area contributed by atoms with Crippen molar-refractivity contribution in [3.8, 4) is 5.75 Å². The molecule has 0 atom stereocenters. The average molecular weight is 287 g/mol. The molecule has 0 saturated carbocycles. The van der Waals surface area contributed by atoms with Crippen LogP contribution in [-0.4, -0.2) is 34.0 Å². The molecule has 2 N–H and O–H groups in total. The second-order valence-corrected chi connectivity index (χ2v) is 5.96. The Morgan fingerprint density at radius 3 is 2.37 bits per heavy atom. The van der Waals surface area contributed by atoms with Crippen LogP contribution in [0.5, 0.6) is 5.75 Å². The van der Waals surface area contributed by atoms with Crippen molar-refractivity contribution in [3.05, 3.63) is 29.8 Å². The van der Waals surface area contributed by atoms with Gasteiger partial charge in [-0.15, -0.1) is 0 Å². The van der Waals surface area contributed by atoms with E-state index in [0.717, 1.165) is 18.6 Å². The lowest BCUT2D eigenvalue weighted by molar-refractivity contribution is 0.111. The molecule has 19 heavy (non-hydrogen) atoms. The monoisotopic (exact) mass is 287 g/mol. The van der Waals surface area contributed by atoms with Crippen molar-refractivity contribution >= 4 is 10.0 Å². The van der Waals surface area contributed by atoms with E-state index >= 15 is 0 Å². The van der Waals surface area contributed by atoms with Crippen LogP contribution in [0, 0.1) is 0 Å². The zero-order valence-electron chi connectivity index (χ0n) is 11.2. The van der Waals surface area contributed by atoms with Crippen LogP contribution >= 0.6 is 0 Å². The van der Waals surface area contributed by atoms with E-state index in [9.17, 15) is 8.42 Å². The van der Waals surface area contributed by atoms with Gasteiger partial charge in [-0.2, -0.15) is 0 Å². The second-order valence-electron chi connectivity index (χ2n) is 4.22. The molecule has 0 spiro atoms. The third-order valence-electron chi connectivity index (χ3n) is 2.47. The number of rotatable bonds is 9. The van der Waals surface area contributed by atoms with Gasteiger partial charge in [0.25, 0.3) is 0 Å². The summed E-state index contributed by atoms with van der Waals surface area (Å²) in [6.07, 6.45) is 2.19. The molecule has 0 bridgehead atoms. The highest BCUT2D eigenvalue weighted by molar-refractivity contribution is 7.89. The fourth-order valence-corrected chi connectivity index (χ4v) is 1.89. The summed E-state index contributed by atoms with van der Waals surface area (Å²) in [5.41, 5.74) is 1.29. The van der Waals surface area contributed by atoms with Gasteiger partial charge in [0.05, 0.1) is 19.0 Å². The van der Waals surface area contributed by atoms with Crippen molar-refractivity contribution in [3.63, 3.8) is 0 Å². The van der Waals surface area contributed by atoms with Crippen LogP contribution in [0.3, 0.4) is 0 Å². The number of hydrogen-bond donors (Lipinski definition) is 1. The molecule has 0 aliphatic carbocycles. The topological polar surface area (TPSA) is 78.6 Å². The summed E-state index contributed by atoms with van der Waals surface area (Å²) < 4.78 is 31.8. The highest BCUT2D eigenvalue weighted by Crippen LogP contribution is 2.13. The van der Waals surface area contributed by atoms with Crippen LogP contribution in [0.4, 0.5) is 0 Å². The second kappa shape index (κ2) is 8.14. The summed E-state index contributed by atoms with van der Waals surface area (Å²) in [6, 6.07) is 7.94. The zero-order valence-corrected chi connectivity index (χ0v) is 12.0. The SMILES string of the molecule is CCCc1ccc(OCCOCCS(N)(=O)=O)cc1. The van der Waals surface area contributed by atoms with Gasteiger partial charge in [-0.25, -0.2) is 13.6 Å². The van der Waals surface area contributed by atoms with E-state index in [2.05, 4.69) is 6.92 Å². The van der Waals surface area contributed by atoms with E-state index < -0.39 is 10.0 Å². The molecular weight excluding hydrogens is 266 g/mol. The maximum atomic E-state index is 10.6. The first-order chi connectivity index (χ1) is 9.01. The maximum Gasteiger partial charge on any atom is 0.211 e. The first kappa shape index (κ1) is 15.9. The smallest absolute Gasteiger partial charge is 0.211 e. The molecule has 0 heterocycles. The fraction of sp³-hybridized carbons (Fsp3) is 0.538. The quantitative estimate of drug-likeness (QED) is 0.695. The van der Waals surface area contributed by atoms with Gasteiger partial charge in [0.15, 0.2) is 0 Å². The predicted octanol–water partition coefficient (Wildman–Crippen LogP) is 1.32. The molecule has 0 saturated heterocycles. The van der Waals surface area contributed by atoms with E-state index in [0.29, 0.717) is 13.2 Å². The Morgan fingerprint density at radius 2 is 1.79 bits per heavy atom. The molecule has 0 radical (unpaired) electrons. The summed E-state index contributed by atoms with van der Waals surface area (Å²) in [5.74, 6) is 0.619. The number of nitrogens with two attached hydrogens (primary N) is 1. The number of hydrogen-bond acceptors (Lipinski definition) is 4. The van der Waals surface area contributed by atoms with Crippen molar-refractivity contribution < 1.29 is 17.9 Å². The molecule has 108 valence electrons. The van der Waals surface area contributed by atoms with Gasteiger partial charge in [0, 0.05) is 0 Å². The Balaban J connectivity index is 2.15. The summed E-state index contributed by atoms with van der Waals surface area (Å²) in [4.78, 5) is 0. The lowest BCUT2D eigenvalue weighted by Crippen LogP contribution is -2.21. The molecule has 6 heteroatoms. The van der Waals surface area contributed by atoms with Crippen LogP contribution in [-0.2, 0) is 21.2 Å². The van der Waals surface area contributed by atoms with Crippen LogP contribution < -0.4 is 9.88 Å². The molecule has 5 nitrogen and oxygen atoms in total. The van der Waals surface area contributed by atoms with Gasteiger partial charge in [-0.05, 0) is 24.1 Å². The minimum Gasteiger partial charge on any atom is -0.491 e. The van der Waals surface area contributed by atoms with Crippen molar-refractivity contribution in [2.24, 2.45) is 5.14 Å². The number of benzene rings is 1.